The number of rotatable bonds is 3. The molecule has 3 heteroatoms. The number of hydrogen-bond acceptors (Lipinski definition) is 2. The normalized spacial score (nSPS) is 10.9. The molecule has 16 heavy (non-hydrogen) atoms. The number of imidazole rings is 1. The minimum absolute atomic E-state index is 0.412. The Labute approximate surface area is 95.1 Å². The summed E-state index contributed by atoms with van der Waals surface area (Å²) in [7, 11) is 0. The van der Waals surface area contributed by atoms with E-state index in [-0.39, 0.29) is 0 Å². The van der Waals surface area contributed by atoms with E-state index in [4.69, 9.17) is 5.26 Å². The molecule has 0 amide bonds. The van der Waals surface area contributed by atoms with Crippen LogP contribution in [-0.4, -0.2) is 9.97 Å². The summed E-state index contributed by atoms with van der Waals surface area (Å²) in [5.41, 5.74) is 3.26. The molecule has 1 aromatic heterocycles. The van der Waals surface area contributed by atoms with Gasteiger partial charge in [-0.05, 0) is 24.1 Å². The molecule has 0 saturated heterocycles. The Kier molecular flexibility index (Phi) is 2.91. The second-order valence-corrected chi connectivity index (χ2v) is 4.29. The Hall–Kier alpha value is -1.82. The highest BCUT2D eigenvalue weighted by Gasteiger charge is 2.06. The largest absolute Gasteiger partial charge is 0.342 e. The van der Waals surface area contributed by atoms with Crippen molar-refractivity contribution in [2.45, 2.75) is 32.6 Å². The Balaban J connectivity index is 2.35. The maximum atomic E-state index is 8.55. The fraction of sp³-hybridized carbons (Fsp3) is 0.385. The smallest absolute Gasteiger partial charge is 0.109 e. The third-order valence-corrected chi connectivity index (χ3v) is 2.64. The van der Waals surface area contributed by atoms with Crippen LogP contribution in [0.5, 0.6) is 0 Å². The van der Waals surface area contributed by atoms with Crippen LogP contribution < -0.4 is 0 Å². The molecule has 0 spiro atoms. The number of aryl methyl sites for hydroxylation is 1. The predicted molar refractivity (Wildman–Crippen MR) is 64.1 cm³/mol. The number of fused-ring (bicyclic) bond motifs is 1. The van der Waals surface area contributed by atoms with Gasteiger partial charge in [0.15, 0.2) is 0 Å². The maximum Gasteiger partial charge on any atom is 0.109 e. The van der Waals surface area contributed by atoms with E-state index in [1.54, 1.807) is 0 Å². The van der Waals surface area contributed by atoms with Crippen LogP contribution in [0.4, 0.5) is 0 Å². The summed E-state index contributed by atoms with van der Waals surface area (Å²) >= 11 is 0. The highest BCUT2D eigenvalue weighted by molar-refractivity contribution is 5.76. The Morgan fingerprint density at radius 1 is 1.44 bits per heavy atom. The van der Waals surface area contributed by atoms with E-state index >= 15 is 0 Å². The van der Waals surface area contributed by atoms with E-state index in [9.17, 15) is 0 Å². The first-order chi connectivity index (χ1) is 7.70. The van der Waals surface area contributed by atoms with Crippen molar-refractivity contribution in [2.24, 2.45) is 0 Å². The lowest BCUT2D eigenvalue weighted by molar-refractivity contribution is 0.799. The summed E-state index contributed by atoms with van der Waals surface area (Å²) in [5.74, 6) is 1.43. The first kappa shape index (κ1) is 10.7. The standard InChI is InChI=1S/C13H15N3/c1-9(2)13-15-11-6-5-10(4-3-7-14)8-12(11)16-13/h5-6,8-9H,3-4H2,1-2H3,(H,15,16). The Bertz CT molecular complexity index is 532. The van der Waals surface area contributed by atoms with Crippen LogP contribution in [0.3, 0.4) is 0 Å². The molecule has 1 aromatic carbocycles. The van der Waals surface area contributed by atoms with Gasteiger partial charge in [0, 0.05) is 12.3 Å². The number of aromatic nitrogens is 2. The summed E-state index contributed by atoms with van der Waals surface area (Å²) in [6.07, 6.45) is 1.37. The first-order valence-corrected chi connectivity index (χ1v) is 5.56. The van der Waals surface area contributed by atoms with Crippen molar-refractivity contribution in [1.29, 1.82) is 5.26 Å². The quantitative estimate of drug-likeness (QED) is 0.851. The van der Waals surface area contributed by atoms with E-state index in [0.29, 0.717) is 12.3 Å². The van der Waals surface area contributed by atoms with Gasteiger partial charge in [-0.3, -0.25) is 0 Å². The Morgan fingerprint density at radius 3 is 2.94 bits per heavy atom. The monoisotopic (exact) mass is 213 g/mol. The predicted octanol–water partition coefficient (Wildman–Crippen LogP) is 3.14. The zero-order valence-electron chi connectivity index (χ0n) is 9.62. The molecule has 0 fully saturated rings. The van der Waals surface area contributed by atoms with Crippen LogP contribution in [0.15, 0.2) is 18.2 Å². The highest BCUT2D eigenvalue weighted by atomic mass is 14.9. The van der Waals surface area contributed by atoms with E-state index < -0.39 is 0 Å². The molecule has 2 rings (SSSR count). The molecule has 0 aliphatic rings. The van der Waals surface area contributed by atoms with Crippen molar-refractivity contribution in [3.05, 3.63) is 29.6 Å². The van der Waals surface area contributed by atoms with E-state index in [1.807, 2.05) is 12.1 Å². The second-order valence-electron chi connectivity index (χ2n) is 4.29. The SMILES string of the molecule is CC(C)c1nc2ccc(CCC#N)cc2[nH]1. The molecular weight excluding hydrogens is 198 g/mol. The summed E-state index contributed by atoms with van der Waals surface area (Å²) in [4.78, 5) is 7.83. The van der Waals surface area contributed by atoms with Crippen molar-refractivity contribution < 1.29 is 0 Å². The molecule has 1 heterocycles. The molecule has 82 valence electrons. The zero-order valence-corrected chi connectivity index (χ0v) is 9.62. The van der Waals surface area contributed by atoms with Crippen molar-refractivity contribution in [3.8, 4) is 6.07 Å². The fourth-order valence-corrected chi connectivity index (χ4v) is 1.71. The summed E-state index contributed by atoms with van der Waals surface area (Å²) in [5, 5.41) is 8.55. The third kappa shape index (κ3) is 2.06. The molecule has 0 saturated carbocycles. The van der Waals surface area contributed by atoms with E-state index in [1.165, 1.54) is 5.56 Å². The van der Waals surface area contributed by atoms with Crippen LogP contribution in [0.25, 0.3) is 11.0 Å². The van der Waals surface area contributed by atoms with Gasteiger partial charge in [0.05, 0.1) is 17.1 Å². The number of aromatic amines is 1. The van der Waals surface area contributed by atoms with Crippen LogP contribution in [0.2, 0.25) is 0 Å². The third-order valence-electron chi connectivity index (χ3n) is 2.64. The van der Waals surface area contributed by atoms with Crippen LogP contribution in [-0.2, 0) is 6.42 Å². The molecule has 0 aliphatic carbocycles. The number of H-pyrrole nitrogens is 1. The van der Waals surface area contributed by atoms with E-state index in [2.05, 4.69) is 36.0 Å². The second kappa shape index (κ2) is 4.36. The van der Waals surface area contributed by atoms with E-state index in [0.717, 1.165) is 23.3 Å². The van der Waals surface area contributed by atoms with Crippen molar-refractivity contribution in [3.63, 3.8) is 0 Å². The lowest BCUT2D eigenvalue weighted by Gasteiger charge is -1.96. The topological polar surface area (TPSA) is 52.5 Å². The van der Waals surface area contributed by atoms with Crippen LogP contribution >= 0.6 is 0 Å². The minimum Gasteiger partial charge on any atom is -0.342 e. The average molecular weight is 213 g/mol. The number of hydrogen-bond donors (Lipinski definition) is 1. The lowest BCUT2D eigenvalue weighted by atomic mass is 10.1. The summed E-state index contributed by atoms with van der Waals surface area (Å²) < 4.78 is 0. The minimum atomic E-state index is 0.412. The molecule has 2 aromatic rings. The maximum absolute atomic E-state index is 8.55. The van der Waals surface area contributed by atoms with Gasteiger partial charge in [0.1, 0.15) is 5.82 Å². The van der Waals surface area contributed by atoms with Crippen molar-refractivity contribution >= 4 is 11.0 Å². The molecule has 3 nitrogen and oxygen atoms in total. The van der Waals surface area contributed by atoms with Gasteiger partial charge in [0.2, 0.25) is 0 Å². The van der Waals surface area contributed by atoms with Crippen molar-refractivity contribution in [1.82, 2.24) is 9.97 Å². The van der Waals surface area contributed by atoms with Crippen molar-refractivity contribution in [2.75, 3.05) is 0 Å². The van der Waals surface area contributed by atoms with Gasteiger partial charge in [-0.2, -0.15) is 5.26 Å². The lowest BCUT2D eigenvalue weighted by Crippen LogP contribution is -1.88. The van der Waals surface area contributed by atoms with Gasteiger partial charge >= 0.3 is 0 Å². The van der Waals surface area contributed by atoms with Crippen LogP contribution in [0.1, 0.15) is 37.6 Å². The highest BCUT2D eigenvalue weighted by Crippen LogP contribution is 2.18. The Morgan fingerprint density at radius 2 is 2.25 bits per heavy atom. The van der Waals surface area contributed by atoms with Gasteiger partial charge in [0.25, 0.3) is 0 Å². The van der Waals surface area contributed by atoms with Gasteiger partial charge in [-0.1, -0.05) is 19.9 Å². The molecule has 0 aliphatic heterocycles. The van der Waals surface area contributed by atoms with Gasteiger partial charge in [-0.25, -0.2) is 4.98 Å². The van der Waals surface area contributed by atoms with Gasteiger partial charge < -0.3 is 4.98 Å². The molecule has 0 radical (unpaired) electrons. The molecule has 0 unspecified atom stereocenters. The zero-order chi connectivity index (χ0) is 11.5. The number of nitriles is 1. The van der Waals surface area contributed by atoms with Crippen LogP contribution in [0, 0.1) is 11.3 Å². The number of nitrogens with zero attached hydrogens (tertiary/aromatic N) is 2. The molecule has 1 N–H and O–H groups in total. The molecule has 0 atom stereocenters. The number of nitrogens with one attached hydrogen (secondary N) is 1. The van der Waals surface area contributed by atoms with Gasteiger partial charge in [-0.15, -0.1) is 0 Å². The number of benzene rings is 1. The summed E-state index contributed by atoms with van der Waals surface area (Å²) in [6, 6.07) is 8.32. The fourth-order valence-electron chi connectivity index (χ4n) is 1.71. The molecular formula is C13H15N3. The average Bonchev–Trinajstić information content (AvgIpc) is 2.69. The molecule has 0 bridgehead atoms. The summed E-state index contributed by atoms with van der Waals surface area (Å²) in [6.45, 7) is 4.24. The first-order valence-electron chi connectivity index (χ1n) is 5.56.